The highest BCUT2D eigenvalue weighted by atomic mass is 35.5. The molecular weight excluding hydrogens is 335 g/mol. The monoisotopic (exact) mass is 354 g/mol. The molecule has 1 amide bonds. The molecule has 6 heteroatoms. The summed E-state index contributed by atoms with van der Waals surface area (Å²) in [6.07, 6.45) is 4.75. The third kappa shape index (κ3) is 4.19. The fraction of sp³-hybridized carbons (Fsp3) is 0.471. The number of carbonyl (C=O) groups is 1. The summed E-state index contributed by atoms with van der Waals surface area (Å²) < 4.78 is 5.72. The minimum atomic E-state index is 0.291. The zero-order chi connectivity index (χ0) is 16.2. The van der Waals surface area contributed by atoms with Gasteiger partial charge in [-0.25, -0.2) is 0 Å². The predicted molar refractivity (Wildman–Crippen MR) is 93.2 cm³/mol. The summed E-state index contributed by atoms with van der Waals surface area (Å²) >= 11 is 12.2. The van der Waals surface area contributed by atoms with Crippen LogP contribution in [0.25, 0.3) is 6.08 Å². The van der Waals surface area contributed by atoms with Crippen LogP contribution in [0, 0.1) is 0 Å². The van der Waals surface area contributed by atoms with Crippen molar-refractivity contribution in [3.05, 3.63) is 33.3 Å². The minimum Gasteiger partial charge on any atom is -0.487 e. The van der Waals surface area contributed by atoms with Gasteiger partial charge >= 0.3 is 0 Å². The van der Waals surface area contributed by atoms with Crippen LogP contribution < -0.4 is 10.1 Å². The van der Waals surface area contributed by atoms with E-state index in [0.717, 1.165) is 50.2 Å². The van der Waals surface area contributed by atoms with Gasteiger partial charge in [0.15, 0.2) is 0 Å². The van der Waals surface area contributed by atoms with Crippen molar-refractivity contribution in [1.82, 2.24) is 10.2 Å². The number of nitrogens with zero attached hydrogens (tertiary/aromatic N) is 1. The van der Waals surface area contributed by atoms with E-state index in [1.54, 1.807) is 6.07 Å². The lowest BCUT2D eigenvalue weighted by molar-refractivity contribution is -0.127. The lowest BCUT2D eigenvalue weighted by Gasteiger charge is -2.20. The molecule has 1 aromatic rings. The van der Waals surface area contributed by atoms with Crippen molar-refractivity contribution >= 4 is 35.2 Å². The van der Waals surface area contributed by atoms with Gasteiger partial charge in [-0.15, -0.1) is 0 Å². The number of hydrogen-bond donors (Lipinski definition) is 1. The molecule has 2 aliphatic heterocycles. The van der Waals surface area contributed by atoms with Gasteiger partial charge in [0.25, 0.3) is 0 Å². The Morgan fingerprint density at radius 3 is 2.96 bits per heavy atom. The second-order valence-corrected chi connectivity index (χ2v) is 6.76. The molecule has 0 bridgehead atoms. The molecule has 3 rings (SSSR count). The molecule has 0 atom stereocenters. The second kappa shape index (κ2) is 7.56. The van der Waals surface area contributed by atoms with E-state index < -0.39 is 0 Å². The topological polar surface area (TPSA) is 41.6 Å². The van der Waals surface area contributed by atoms with E-state index >= 15 is 0 Å². The van der Waals surface area contributed by atoms with Gasteiger partial charge in [0.1, 0.15) is 12.4 Å². The Morgan fingerprint density at radius 2 is 2.17 bits per heavy atom. The summed E-state index contributed by atoms with van der Waals surface area (Å²) in [5, 5.41) is 4.56. The average Bonchev–Trinajstić information content (AvgIpc) is 2.91. The number of benzene rings is 1. The highest BCUT2D eigenvalue weighted by molar-refractivity contribution is 6.36. The number of ether oxygens (including phenoxy) is 1. The fourth-order valence-corrected chi connectivity index (χ4v) is 3.52. The van der Waals surface area contributed by atoms with E-state index in [2.05, 4.69) is 11.4 Å². The van der Waals surface area contributed by atoms with Gasteiger partial charge in [-0.2, -0.15) is 0 Å². The van der Waals surface area contributed by atoms with Crippen molar-refractivity contribution in [2.75, 3.05) is 32.8 Å². The van der Waals surface area contributed by atoms with Crippen molar-refractivity contribution in [3.8, 4) is 5.75 Å². The zero-order valence-corrected chi connectivity index (χ0v) is 14.4. The first-order valence-corrected chi connectivity index (χ1v) is 8.69. The van der Waals surface area contributed by atoms with E-state index in [1.165, 1.54) is 0 Å². The van der Waals surface area contributed by atoms with E-state index in [4.69, 9.17) is 27.9 Å². The first kappa shape index (κ1) is 16.6. The van der Waals surface area contributed by atoms with E-state index in [1.807, 2.05) is 11.0 Å². The summed E-state index contributed by atoms with van der Waals surface area (Å²) in [5.74, 6) is 0.992. The van der Waals surface area contributed by atoms with Crippen LogP contribution in [0.2, 0.25) is 10.0 Å². The Morgan fingerprint density at radius 1 is 1.30 bits per heavy atom. The lowest BCUT2D eigenvalue weighted by Crippen LogP contribution is -2.29. The van der Waals surface area contributed by atoms with Crippen LogP contribution in [-0.2, 0) is 4.79 Å². The maximum absolute atomic E-state index is 11.5. The number of amides is 1. The number of fused-ring (bicyclic) bond motifs is 1. The molecular formula is C17H20Cl2N2O2. The maximum Gasteiger partial charge on any atom is 0.222 e. The maximum atomic E-state index is 11.5. The highest BCUT2D eigenvalue weighted by Crippen LogP contribution is 2.36. The molecule has 124 valence electrons. The molecule has 23 heavy (non-hydrogen) atoms. The molecule has 0 unspecified atom stereocenters. The standard InChI is InChI=1S/C17H20Cl2N2O2/c18-14-8-13-7-12(11-23-17(13)15(19)9-14)10-20-4-2-6-21-5-1-3-16(21)22/h7-9,20H,1-6,10-11H2. The Labute approximate surface area is 146 Å². The number of carbonyl (C=O) groups excluding carboxylic acids is 1. The number of nitrogens with one attached hydrogen (secondary N) is 1. The van der Waals surface area contributed by atoms with Crippen LogP contribution in [0.15, 0.2) is 17.7 Å². The van der Waals surface area contributed by atoms with Crippen molar-refractivity contribution in [2.24, 2.45) is 0 Å². The number of hydrogen-bond acceptors (Lipinski definition) is 3. The van der Waals surface area contributed by atoms with Crippen LogP contribution in [-0.4, -0.2) is 43.6 Å². The quantitative estimate of drug-likeness (QED) is 0.796. The Bertz CT molecular complexity index is 631. The van der Waals surface area contributed by atoms with Crippen LogP contribution in [0.1, 0.15) is 24.8 Å². The molecule has 2 aliphatic rings. The molecule has 1 aromatic carbocycles. The fourth-order valence-electron chi connectivity index (χ4n) is 2.95. The molecule has 0 spiro atoms. The lowest BCUT2D eigenvalue weighted by atomic mass is 10.1. The SMILES string of the molecule is O=C1CCCN1CCCNCC1=Cc2cc(Cl)cc(Cl)c2OC1. The molecule has 4 nitrogen and oxygen atoms in total. The minimum absolute atomic E-state index is 0.291. The summed E-state index contributed by atoms with van der Waals surface area (Å²) in [5.41, 5.74) is 2.08. The summed E-state index contributed by atoms with van der Waals surface area (Å²) in [4.78, 5) is 13.5. The predicted octanol–water partition coefficient (Wildman–Crippen LogP) is 3.37. The molecule has 1 saturated heterocycles. The molecule has 0 aliphatic carbocycles. The molecule has 1 N–H and O–H groups in total. The van der Waals surface area contributed by atoms with Crippen LogP contribution >= 0.6 is 23.2 Å². The first-order chi connectivity index (χ1) is 11.1. The van der Waals surface area contributed by atoms with Crippen LogP contribution in [0.5, 0.6) is 5.75 Å². The average molecular weight is 355 g/mol. The summed E-state index contributed by atoms with van der Waals surface area (Å²) in [7, 11) is 0. The largest absolute Gasteiger partial charge is 0.487 e. The van der Waals surface area contributed by atoms with Gasteiger partial charge in [0.05, 0.1) is 5.02 Å². The van der Waals surface area contributed by atoms with Gasteiger partial charge in [0, 0.05) is 36.6 Å². The molecule has 2 heterocycles. The molecule has 0 saturated carbocycles. The van der Waals surface area contributed by atoms with Crippen molar-refractivity contribution in [2.45, 2.75) is 19.3 Å². The van der Waals surface area contributed by atoms with E-state index in [9.17, 15) is 4.79 Å². The zero-order valence-electron chi connectivity index (χ0n) is 12.9. The number of likely N-dealkylation sites (tertiary alicyclic amines) is 1. The van der Waals surface area contributed by atoms with Crippen molar-refractivity contribution < 1.29 is 9.53 Å². The summed E-state index contributed by atoms with van der Waals surface area (Å²) in [6, 6.07) is 3.56. The molecule has 0 aromatic heterocycles. The van der Waals surface area contributed by atoms with Gasteiger partial charge < -0.3 is 15.0 Å². The van der Waals surface area contributed by atoms with Crippen molar-refractivity contribution in [3.63, 3.8) is 0 Å². The van der Waals surface area contributed by atoms with Crippen molar-refractivity contribution in [1.29, 1.82) is 0 Å². The normalized spacial score (nSPS) is 17.0. The third-order valence-electron chi connectivity index (χ3n) is 4.10. The second-order valence-electron chi connectivity index (χ2n) is 5.91. The van der Waals surface area contributed by atoms with E-state index in [0.29, 0.717) is 34.7 Å². The Hall–Kier alpha value is -1.23. The molecule has 1 fully saturated rings. The number of halogens is 2. The Kier molecular flexibility index (Phi) is 5.46. The van der Waals surface area contributed by atoms with Gasteiger partial charge in [-0.3, -0.25) is 4.79 Å². The number of rotatable bonds is 6. The molecule has 0 radical (unpaired) electrons. The smallest absolute Gasteiger partial charge is 0.222 e. The van der Waals surface area contributed by atoms with Gasteiger partial charge in [0.2, 0.25) is 5.91 Å². The van der Waals surface area contributed by atoms with Crippen LogP contribution in [0.3, 0.4) is 0 Å². The van der Waals surface area contributed by atoms with Gasteiger partial charge in [-0.05, 0) is 43.2 Å². The first-order valence-electron chi connectivity index (χ1n) is 7.93. The Balaban J connectivity index is 1.45. The third-order valence-corrected chi connectivity index (χ3v) is 4.60. The summed E-state index contributed by atoms with van der Waals surface area (Å²) in [6.45, 7) is 3.93. The van der Waals surface area contributed by atoms with Crippen LogP contribution in [0.4, 0.5) is 0 Å². The van der Waals surface area contributed by atoms with Gasteiger partial charge in [-0.1, -0.05) is 23.2 Å². The highest BCUT2D eigenvalue weighted by Gasteiger charge is 2.19. The van der Waals surface area contributed by atoms with E-state index in [-0.39, 0.29) is 0 Å².